The molecule has 1 fully saturated rings. The van der Waals surface area contributed by atoms with Gasteiger partial charge in [-0.2, -0.15) is 5.10 Å². The molecule has 0 bridgehead atoms. The van der Waals surface area contributed by atoms with Crippen LogP contribution in [0.3, 0.4) is 0 Å². The van der Waals surface area contributed by atoms with Crippen LogP contribution < -0.4 is 10.6 Å². The van der Waals surface area contributed by atoms with Crippen molar-refractivity contribution in [1.29, 1.82) is 0 Å². The molecule has 1 atom stereocenters. The van der Waals surface area contributed by atoms with Gasteiger partial charge >= 0.3 is 0 Å². The van der Waals surface area contributed by atoms with Gasteiger partial charge in [0.05, 0.1) is 34.5 Å². The standard InChI is InChI=1S/C33H31F2N7/c1-19-6-7-29(37-15-19)20(2)42-18-28(26-5-3-4-21-16-39-40-31(21)26)30-32(41-10-8-25(36)9-11-41)27(17-38-33(30)42)22-12-23(34)14-24(35)13-22/h3-7,12-18,20,25H,8-11,36H2,1-2H3,(H,39,40). The van der Waals surface area contributed by atoms with Crippen molar-refractivity contribution in [3.05, 3.63) is 96.2 Å². The van der Waals surface area contributed by atoms with Crippen molar-refractivity contribution in [2.24, 2.45) is 5.73 Å². The summed E-state index contributed by atoms with van der Waals surface area (Å²) in [5.74, 6) is -1.26. The number of aromatic amines is 1. The van der Waals surface area contributed by atoms with E-state index in [4.69, 9.17) is 15.7 Å². The molecule has 2 aromatic carbocycles. The van der Waals surface area contributed by atoms with Crippen molar-refractivity contribution in [2.45, 2.75) is 38.8 Å². The minimum absolute atomic E-state index is 0.115. The minimum atomic E-state index is -0.629. The Morgan fingerprint density at radius 3 is 2.45 bits per heavy atom. The molecule has 212 valence electrons. The number of rotatable bonds is 5. The maximum Gasteiger partial charge on any atom is 0.143 e. The van der Waals surface area contributed by atoms with Gasteiger partial charge in [0.25, 0.3) is 0 Å². The highest BCUT2D eigenvalue weighted by molar-refractivity contribution is 6.11. The predicted molar refractivity (Wildman–Crippen MR) is 162 cm³/mol. The number of aryl methyl sites for hydroxylation is 1. The van der Waals surface area contributed by atoms with Crippen molar-refractivity contribution in [2.75, 3.05) is 18.0 Å². The highest BCUT2D eigenvalue weighted by Crippen LogP contribution is 2.45. The molecule has 0 saturated carbocycles. The first-order chi connectivity index (χ1) is 20.4. The van der Waals surface area contributed by atoms with Crippen LogP contribution in [0.2, 0.25) is 0 Å². The Labute approximate surface area is 242 Å². The summed E-state index contributed by atoms with van der Waals surface area (Å²) >= 11 is 0. The zero-order chi connectivity index (χ0) is 29.0. The van der Waals surface area contributed by atoms with Crippen LogP contribution in [-0.2, 0) is 0 Å². The number of anilines is 1. The molecule has 7 nitrogen and oxygen atoms in total. The Balaban J connectivity index is 1.56. The first-order valence-corrected chi connectivity index (χ1v) is 14.2. The van der Waals surface area contributed by atoms with Crippen LogP contribution in [0.15, 0.2) is 73.3 Å². The number of benzene rings is 2. The lowest BCUT2D eigenvalue weighted by Gasteiger charge is -2.34. The van der Waals surface area contributed by atoms with Crippen LogP contribution in [0.4, 0.5) is 14.5 Å². The minimum Gasteiger partial charge on any atom is -0.370 e. The number of H-pyrrole nitrogens is 1. The molecule has 0 amide bonds. The predicted octanol–water partition coefficient (Wildman–Crippen LogP) is 6.77. The Morgan fingerprint density at radius 1 is 0.929 bits per heavy atom. The van der Waals surface area contributed by atoms with Crippen LogP contribution in [0.1, 0.15) is 37.1 Å². The maximum absolute atomic E-state index is 14.5. The summed E-state index contributed by atoms with van der Waals surface area (Å²) in [6, 6.07) is 13.8. The molecule has 0 radical (unpaired) electrons. The third-order valence-electron chi connectivity index (χ3n) is 8.39. The van der Waals surface area contributed by atoms with Crippen LogP contribution in [0.25, 0.3) is 44.2 Å². The van der Waals surface area contributed by atoms with Crippen molar-refractivity contribution >= 4 is 27.6 Å². The molecule has 1 aliphatic heterocycles. The number of piperidine rings is 1. The summed E-state index contributed by atoms with van der Waals surface area (Å²) in [5, 5.41) is 9.38. The number of nitrogens with zero attached hydrogens (tertiary/aromatic N) is 5. The van der Waals surface area contributed by atoms with E-state index in [1.54, 1.807) is 6.20 Å². The molecule has 1 saturated heterocycles. The van der Waals surface area contributed by atoms with E-state index >= 15 is 0 Å². The second kappa shape index (κ2) is 10.3. The number of nitrogens with one attached hydrogen (secondary N) is 1. The lowest BCUT2D eigenvalue weighted by molar-refractivity contribution is 0.502. The van der Waals surface area contributed by atoms with Gasteiger partial charge in [-0.15, -0.1) is 0 Å². The molecule has 4 aromatic heterocycles. The van der Waals surface area contributed by atoms with Crippen molar-refractivity contribution < 1.29 is 8.78 Å². The average Bonchev–Trinajstić information content (AvgIpc) is 3.62. The topological polar surface area (TPSA) is 88.7 Å². The highest BCUT2D eigenvalue weighted by Gasteiger charge is 2.28. The number of aromatic nitrogens is 5. The molecule has 0 spiro atoms. The second-order valence-electron chi connectivity index (χ2n) is 11.2. The highest BCUT2D eigenvalue weighted by atomic mass is 19.1. The number of hydrogen-bond acceptors (Lipinski definition) is 5. The summed E-state index contributed by atoms with van der Waals surface area (Å²) in [5.41, 5.74) is 13.9. The van der Waals surface area contributed by atoms with Gasteiger partial charge in [-0.1, -0.05) is 24.3 Å². The SMILES string of the molecule is Cc1ccc(C(C)n2cc(-c3cccc4cn[nH]c34)c3c(N4CCC(N)CC4)c(-c4cc(F)cc(F)c4)cnc32)nc1. The molecular weight excluding hydrogens is 532 g/mol. The average molecular weight is 564 g/mol. The lowest BCUT2D eigenvalue weighted by atomic mass is 9.96. The molecule has 6 aromatic rings. The molecule has 9 heteroatoms. The molecule has 42 heavy (non-hydrogen) atoms. The third kappa shape index (κ3) is 4.50. The normalized spacial score (nSPS) is 15.1. The molecule has 7 rings (SSSR count). The van der Waals surface area contributed by atoms with Crippen LogP contribution in [-0.4, -0.2) is 43.9 Å². The number of nitrogens with two attached hydrogens (primary N) is 1. The zero-order valence-electron chi connectivity index (χ0n) is 23.5. The first kappa shape index (κ1) is 26.3. The monoisotopic (exact) mass is 563 g/mol. The Kier molecular flexibility index (Phi) is 6.46. The van der Waals surface area contributed by atoms with Crippen LogP contribution >= 0.6 is 0 Å². The van der Waals surface area contributed by atoms with E-state index in [-0.39, 0.29) is 12.1 Å². The molecule has 1 unspecified atom stereocenters. The summed E-state index contributed by atoms with van der Waals surface area (Å²) in [7, 11) is 0. The Hall–Kier alpha value is -4.63. The second-order valence-corrected chi connectivity index (χ2v) is 11.2. The molecular formula is C33H31F2N7. The van der Waals surface area contributed by atoms with E-state index in [0.717, 1.165) is 82.0 Å². The number of pyridine rings is 2. The Morgan fingerprint density at radius 2 is 1.71 bits per heavy atom. The molecule has 3 N–H and O–H groups in total. The van der Waals surface area contributed by atoms with E-state index in [2.05, 4.69) is 44.9 Å². The fourth-order valence-corrected chi connectivity index (χ4v) is 6.13. The summed E-state index contributed by atoms with van der Waals surface area (Å²) in [4.78, 5) is 12.0. The quantitative estimate of drug-likeness (QED) is 0.242. The molecule has 1 aliphatic rings. The first-order valence-electron chi connectivity index (χ1n) is 14.2. The van der Waals surface area contributed by atoms with Gasteiger partial charge in [-0.25, -0.2) is 13.8 Å². The summed E-state index contributed by atoms with van der Waals surface area (Å²) in [6.45, 7) is 5.57. The zero-order valence-corrected chi connectivity index (χ0v) is 23.5. The number of para-hydroxylation sites is 1. The van der Waals surface area contributed by atoms with E-state index in [0.29, 0.717) is 11.1 Å². The fourth-order valence-electron chi connectivity index (χ4n) is 6.13. The maximum atomic E-state index is 14.5. The number of fused-ring (bicyclic) bond motifs is 2. The van der Waals surface area contributed by atoms with Gasteiger partial charge < -0.3 is 15.2 Å². The van der Waals surface area contributed by atoms with E-state index in [1.165, 1.54) is 12.1 Å². The van der Waals surface area contributed by atoms with Gasteiger partial charge in [0.1, 0.15) is 17.3 Å². The van der Waals surface area contributed by atoms with E-state index in [9.17, 15) is 8.78 Å². The van der Waals surface area contributed by atoms with Crippen molar-refractivity contribution in [3.63, 3.8) is 0 Å². The fraction of sp³-hybridized carbons (Fsp3) is 0.242. The number of hydrogen-bond donors (Lipinski definition) is 2. The van der Waals surface area contributed by atoms with Crippen molar-refractivity contribution in [3.8, 4) is 22.3 Å². The van der Waals surface area contributed by atoms with Crippen molar-refractivity contribution in [1.82, 2.24) is 24.7 Å². The van der Waals surface area contributed by atoms with Gasteiger partial charge in [0.15, 0.2) is 0 Å². The number of halogens is 2. The smallest absolute Gasteiger partial charge is 0.143 e. The van der Waals surface area contributed by atoms with Crippen LogP contribution in [0, 0.1) is 18.6 Å². The van der Waals surface area contributed by atoms with Gasteiger partial charge in [0.2, 0.25) is 0 Å². The summed E-state index contributed by atoms with van der Waals surface area (Å²) in [6.07, 6.45) is 9.17. The lowest BCUT2D eigenvalue weighted by Crippen LogP contribution is -2.40. The van der Waals surface area contributed by atoms with Crippen LogP contribution in [0.5, 0.6) is 0 Å². The summed E-state index contributed by atoms with van der Waals surface area (Å²) < 4.78 is 31.2. The van der Waals surface area contributed by atoms with Gasteiger partial charge in [0, 0.05) is 65.9 Å². The molecule has 5 heterocycles. The van der Waals surface area contributed by atoms with Gasteiger partial charge in [-0.05, 0) is 56.0 Å². The van der Waals surface area contributed by atoms with Gasteiger partial charge in [-0.3, -0.25) is 10.1 Å². The Bertz CT molecular complexity index is 1900. The van der Waals surface area contributed by atoms with E-state index in [1.807, 2.05) is 37.5 Å². The third-order valence-corrected chi connectivity index (χ3v) is 8.39. The van der Waals surface area contributed by atoms with E-state index < -0.39 is 11.6 Å². The molecule has 0 aliphatic carbocycles. The largest absolute Gasteiger partial charge is 0.370 e.